The molecule has 1 N–H and O–H groups in total. The van der Waals surface area contributed by atoms with Crippen molar-refractivity contribution in [1.82, 2.24) is 5.32 Å². The van der Waals surface area contributed by atoms with Gasteiger partial charge in [-0.05, 0) is 53.6 Å². The monoisotopic (exact) mass is 333 g/mol. The molecule has 0 aromatic heterocycles. The summed E-state index contributed by atoms with van der Waals surface area (Å²) in [5.74, 6) is 0.963. The van der Waals surface area contributed by atoms with Gasteiger partial charge in [0, 0.05) is 0 Å². The average molecular weight is 334 g/mol. The van der Waals surface area contributed by atoms with Gasteiger partial charge in [-0.2, -0.15) is 0 Å². The minimum absolute atomic E-state index is 0.126. The van der Waals surface area contributed by atoms with Crippen molar-refractivity contribution in [2.75, 3.05) is 25.1 Å². The fraction of sp³-hybridized carbons (Fsp3) is 0.500. The molecule has 0 amide bonds. The van der Waals surface area contributed by atoms with Crippen LogP contribution in [0.25, 0.3) is 0 Å². The molecule has 6 heteroatoms. The lowest BCUT2D eigenvalue weighted by Crippen LogP contribution is -2.45. The first-order chi connectivity index (χ1) is 8.50. The van der Waals surface area contributed by atoms with Crippen LogP contribution in [0, 0.1) is 0 Å². The molecule has 18 heavy (non-hydrogen) atoms. The molecule has 1 aliphatic heterocycles. The van der Waals surface area contributed by atoms with E-state index in [-0.39, 0.29) is 17.6 Å². The Kier molecular flexibility index (Phi) is 4.29. The largest absolute Gasteiger partial charge is 0.487 e. The summed E-state index contributed by atoms with van der Waals surface area (Å²) in [6.45, 7) is 0.924. The van der Waals surface area contributed by atoms with Crippen LogP contribution in [0.4, 0.5) is 0 Å². The fourth-order valence-electron chi connectivity index (χ4n) is 1.83. The first kappa shape index (κ1) is 13.8. The topological polar surface area (TPSA) is 55.4 Å². The summed E-state index contributed by atoms with van der Waals surface area (Å²) in [6.07, 6.45) is 0.752. The number of benzene rings is 1. The Bertz CT molecular complexity index is 518. The van der Waals surface area contributed by atoms with Crippen LogP contribution in [0.2, 0.25) is 0 Å². The Hall–Kier alpha value is -0.590. The van der Waals surface area contributed by atoms with Gasteiger partial charge in [-0.25, -0.2) is 8.42 Å². The van der Waals surface area contributed by atoms with Gasteiger partial charge < -0.3 is 10.1 Å². The van der Waals surface area contributed by atoms with E-state index < -0.39 is 9.84 Å². The van der Waals surface area contributed by atoms with Crippen molar-refractivity contribution >= 4 is 25.8 Å². The van der Waals surface area contributed by atoms with E-state index >= 15 is 0 Å². The Balaban J connectivity index is 1.97. The van der Waals surface area contributed by atoms with E-state index in [0.717, 1.165) is 17.4 Å². The number of rotatable bonds is 5. The lowest BCUT2D eigenvalue weighted by molar-refractivity contribution is 0.229. The van der Waals surface area contributed by atoms with E-state index in [2.05, 4.69) is 21.2 Å². The van der Waals surface area contributed by atoms with Crippen LogP contribution in [0.1, 0.15) is 5.56 Å². The second kappa shape index (κ2) is 5.59. The number of ether oxygens (including phenoxy) is 1. The molecular weight excluding hydrogens is 318 g/mol. The van der Waals surface area contributed by atoms with Gasteiger partial charge in [0.2, 0.25) is 0 Å². The molecule has 1 fully saturated rings. The quantitative estimate of drug-likeness (QED) is 0.884. The Morgan fingerprint density at radius 3 is 2.72 bits per heavy atom. The van der Waals surface area contributed by atoms with Gasteiger partial charge in [-0.3, -0.25) is 0 Å². The highest BCUT2D eigenvalue weighted by molar-refractivity contribution is 9.10. The molecule has 0 aliphatic carbocycles. The van der Waals surface area contributed by atoms with Gasteiger partial charge in [0.05, 0.1) is 16.0 Å². The van der Waals surface area contributed by atoms with Gasteiger partial charge in [-0.1, -0.05) is 6.07 Å². The zero-order valence-electron chi connectivity index (χ0n) is 10.1. The third-order valence-corrected chi connectivity index (χ3v) is 5.21. The number of sulfone groups is 1. The molecule has 0 atom stereocenters. The van der Waals surface area contributed by atoms with Crippen molar-refractivity contribution < 1.29 is 13.2 Å². The molecule has 1 saturated heterocycles. The molecular formula is C12H16BrNO3S. The molecule has 0 radical (unpaired) electrons. The van der Waals surface area contributed by atoms with Crippen LogP contribution in [-0.2, 0) is 16.3 Å². The molecule has 2 rings (SSSR count). The molecule has 1 heterocycles. The van der Waals surface area contributed by atoms with Crippen molar-refractivity contribution in [3.05, 3.63) is 28.2 Å². The fourth-order valence-corrected chi connectivity index (χ4v) is 3.52. The van der Waals surface area contributed by atoms with E-state index in [4.69, 9.17) is 4.74 Å². The van der Waals surface area contributed by atoms with Crippen LogP contribution >= 0.6 is 15.9 Å². The minimum Gasteiger partial charge on any atom is -0.487 e. The number of nitrogens with one attached hydrogen (secondary N) is 1. The normalized spacial score (nSPS) is 18.3. The minimum atomic E-state index is -2.83. The van der Waals surface area contributed by atoms with Crippen LogP contribution in [0.5, 0.6) is 5.75 Å². The van der Waals surface area contributed by atoms with Crippen LogP contribution in [0.15, 0.2) is 22.7 Å². The van der Waals surface area contributed by atoms with E-state index in [1.165, 1.54) is 5.56 Å². The van der Waals surface area contributed by atoms with E-state index in [0.29, 0.717) is 5.75 Å². The van der Waals surface area contributed by atoms with Crippen molar-refractivity contribution in [2.24, 2.45) is 0 Å². The van der Waals surface area contributed by atoms with Crippen molar-refractivity contribution in [3.8, 4) is 5.75 Å². The molecule has 0 unspecified atom stereocenters. The highest BCUT2D eigenvalue weighted by atomic mass is 79.9. The zero-order valence-corrected chi connectivity index (χ0v) is 12.6. The molecule has 0 saturated carbocycles. The Morgan fingerprint density at radius 1 is 1.44 bits per heavy atom. The lowest BCUT2D eigenvalue weighted by Gasteiger charge is -2.27. The number of halogens is 1. The lowest BCUT2D eigenvalue weighted by atomic mass is 10.1. The van der Waals surface area contributed by atoms with Gasteiger partial charge in [-0.15, -0.1) is 0 Å². The second-order valence-corrected chi connectivity index (χ2v) is 7.44. The van der Waals surface area contributed by atoms with Crippen LogP contribution < -0.4 is 10.1 Å². The number of likely N-dealkylation sites (N-methyl/N-ethyl adjacent to an activating group) is 1. The molecule has 0 spiro atoms. The molecule has 0 bridgehead atoms. The second-order valence-electron chi connectivity index (χ2n) is 4.44. The molecule has 100 valence electrons. The molecule has 1 aromatic rings. The first-order valence-electron chi connectivity index (χ1n) is 5.80. The molecule has 4 nitrogen and oxygen atoms in total. The van der Waals surface area contributed by atoms with E-state index in [1.54, 1.807) is 0 Å². The maximum Gasteiger partial charge on any atom is 0.157 e. The predicted molar refractivity (Wildman–Crippen MR) is 74.8 cm³/mol. The standard InChI is InChI=1S/C12H16BrNO3S/c1-14-5-4-9-2-3-12(11(13)6-9)17-10-7-18(15,16)8-10/h2-3,6,10,14H,4-5,7-8H2,1H3. The number of hydrogen-bond acceptors (Lipinski definition) is 4. The Labute approximate surface area is 116 Å². The van der Waals surface area contributed by atoms with E-state index in [1.807, 2.05) is 25.2 Å². The third kappa shape index (κ3) is 3.46. The van der Waals surface area contributed by atoms with Gasteiger partial charge in [0.15, 0.2) is 9.84 Å². The maximum atomic E-state index is 11.0. The smallest absolute Gasteiger partial charge is 0.157 e. The summed E-state index contributed by atoms with van der Waals surface area (Å²) in [4.78, 5) is 0. The summed E-state index contributed by atoms with van der Waals surface area (Å²) in [6, 6.07) is 5.91. The predicted octanol–water partition coefficient (Wildman–Crippen LogP) is 1.39. The molecule has 1 aliphatic rings. The molecule has 1 aromatic carbocycles. The first-order valence-corrected chi connectivity index (χ1v) is 8.42. The summed E-state index contributed by atoms with van der Waals surface area (Å²) in [7, 11) is -0.912. The summed E-state index contributed by atoms with van der Waals surface area (Å²) in [5.41, 5.74) is 1.21. The van der Waals surface area contributed by atoms with Crippen LogP contribution in [-0.4, -0.2) is 39.6 Å². The van der Waals surface area contributed by atoms with Crippen molar-refractivity contribution in [1.29, 1.82) is 0 Å². The highest BCUT2D eigenvalue weighted by Crippen LogP contribution is 2.29. The van der Waals surface area contributed by atoms with Gasteiger partial charge in [0.25, 0.3) is 0 Å². The van der Waals surface area contributed by atoms with Gasteiger partial charge in [0.1, 0.15) is 11.9 Å². The van der Waals surface area contributed by atoms with Crippen LogP contribution in [0.3, 0.4) is 0 Å². The Morgan fingerprint density at radius 2 is 2.17 bits per heavy atom. The van der Waals surface area contributed by atoms with E-state index in [9.17, 15) is 8.42 Å². The third-order valence-electron chi connectivity index (χ3n) is 2.83. The maximum absolute atomic E-state index is 11.0. The SMILES string of the molecule is CNCCc1ccc(OC2CS(=O)(=O)C2)c(Br)c1. The highest BCUT2D eigenvalue weighted by Gasteiger charge is 2.35. The summed E-state index contributed by atoms with van der Waals surface area (Å²) in [5, 5.41) is 3.10. The zero-order chi connectivity index (χ0) is 13.2. The average Bonchev–Trinajstić information content (AvgIpc) is 2.27. The van der Waals surface area contributed by atoms with Gasteiger partial charge >= 0.3 is 0 Å². The van der Waals surface area contributed by atoms with Crippen molar-refractivity contribution in [2.45, 2.75) is 12.5 Å². The summed E-state index contributed by atoms with van der Waals surface area (Å²) >= 11 is 3.45. The summed E-state index contributed by atoms with van der Waals surface area (Å²) < 4.78 is 28.6. The number of hydrogen-bond donors (Lipinski definition) is 1. The van der Waals surface area contributed by atoms with Crippen molar-refractivity contribution in [3.63, 3.8) is 0 Å².